The molecule has 0 spiro atoms. The van der Waals surface area contributed by atoms with Gasteiger partial charge in [0.25, 0.3) is 0 Å². The lowest BCUT2D eigenvalue weighted by molar-refractivity contribution is -0.274. The van der Waals surface area contributed by atoms with Gasteiger partial charge in [0.2, 0.25) is 0 Å². The lowest BCUT2D eigenvalue weighted by Gasteiger charge is -2.17. The van der Waals surface area contributed by atoms with Crippen molar-refractivity contribution in [3.8, 4) is 5.75 Å². The molecular weight excluding hydrogens is 341 g/mol. The maximum absolute atomic E-state index is 12.5. The standard InChI is InChI=1S/C21H25F3O2/c1-14(7-6-8-15(2)11-12-25)9-10-19-16(3)13-20(18(5)17(19)4)26-21(22,23)24/h6-9,11-13,25H,10H2,1-5H3/b7-6+,12-11+,14-9+,15-8+. The molecule has 0 saturated carbocycles. The van der Waals surface area contributed by atoms with Gasteiger partial charge in [-0.1, -0.05) is 29.9 Å². The van der Waals surface area contributed by atoms with Gasteiger partial charge < -0.3 is 9.84 Å². The van der Waals surface area contributed by atoms with Crippen LogP contribution in [0.15, 0.2) is 53.9 Å². The van der Waals surface area contributed by atoms with Crippen molar-refractivity contribution in [1.29, 1.82) is 0 Å². The van der Waals surface area contributed by atoms with E-state index in [0.29, 0.717) is 12.0 Å². The largest absolute Gasteiger partial charge is 0.573 e. The zero-order chi connectivity index (χ0) is 19.9. The number of aliphatic hydroxyl groups is 1. The Hall–Kier alpha value is -2.43. The molecule has 142 valence electrons. The molecule has 26 heavy (non-hydrogen) atoms. The molecule has 0 aliphatic carbocycles. The Bertz CT molecular complexity index is 752. The minimum Gasteiger partial charge on any atom is -0.516 e. The Labute approximate surface area is 153 Å². The summed E-state index contributed by atoms with van der Waals surface area (Å²) in [5, 5.41) is 8.68. The number of aliphatic hydroxyl groups excluding tert-OH is 1. The number of ether oxygens (including phenoxy) is 1. The number of halogens is 3. The third kappa shape index (κ3) is 6.82. The maximum atomic E-state index is 12.5. The minimum absolute atomic E-state index is 0.144. The van der Waals surface area contributed by atoms with E-state index < -0.39 is 6.36 Å². The number of hydrogen-bond acceptors (Lipinski definition) is 2. The Morgan fingerprint density at radius 2 is 1.73 bits per heavy atom. The van der Waals surface area contributed by atoms with Crippen molar-refractivity contribution in [2.24, 2.45) is 0 Å². The van der Waals surface area contributed by atoms with Crippen LogP contribution in [-0.4, -0.2) is 11.5 Å². The number of allylic oxidation sites excluding steroid dienone is 7. The normalized spacial score (nSPS) is 13.8. The van der Waals surface area contributed by atoms with Crippen LogP contribution in [0.5, 0.6) is 5.75 Å². The number of benzene rings is 1. The summed E-state index contributed by atoms with van der Waals surface area (Å²) in [7, 11) is 0. The molecule has 1 aromatic rings. The number of alkyl halides is 3. The molecule has 0 fully saturated rings. The molecule has 0 heterocycles. The first-order chi connectivity index (χ1) is 12.0. The summed E-state index contributed by atoms with van der Waals surface area (Å²) >= 11 is 0. The second-order valence-electron chi connectivity index (χ2n) is 6.21. The maximum Gasteiger partial charge on any atom is 0.573 e. The highest BCUT2D eigenvalue weighted by Gasteiger charge is 2.32. The molecule has 0 aliphatic heterocycles. The van der Waals surface area contributed by atoms with Gasteiger partial charge in [0.15, 0.2) is 0 Å². The molecule has 0 aromatic heterocycles. The number of rotatable bonds is 6. The molecule has 0 saturated heterocycles. The van der Waals surface area contributed by atoms with Gasteiger partial charge in [0.1, 0.15) is 5.75 Å². The van der Waals surface area contributed by atoms with E-state index in [4.69, 9.17) is 5.11 Å². The van der Waals surface area contributed by atoms with Gasteiger partial charge in [-0.25, -0.2) is 0 Å². The molecule has 0 amide bonds. The Kier molecular flexibility index (Phi) is 7.75. The summed E-state index contributed by atoms with van der Waals surface area (Å²) in [5.41, 5.74) is 5.03. The third-order valence-electron chi connectivity index (χ3n) is 4.12. The van der Waals surface area contributed by atoms with Crippen LogP contribution in [0.25, 0.3) is 0 Å². The zero-order valence-corrected chi connectivity index (χ0v) is 15.7. The molecular formula is C21H25F3O2. The topological polar surface area (TPSA) is 29.5 Å². The van der Waals surface area contributed by atoms with Crippen molar-refractivity contribution in [2.45, 2.75) is 47.4 Å². The Balaban J connectivity index is 2.98. The van der Waals surface area contributed by atoms with E-state index in [1.807, 2.05) is 45.1 Å². The van der Waals surface area contributed by atoms with Gasteiger partial charge in [0.05, 0.1) is 6.26 Å². The summed E-state index contributed by atoms with van der Waals surface area (Å²) in [6.07, 6.45) is 6.23. The Morgan fingerprint density at radius 1 is 1.08 bits per heavy atom. The van der Waals surface area contributed by atoms with Crippen LogP contribution in [0.4, 0.5) is 13.2 Å². The average molecular weight is 366 g/mol. The van der Waals surface area contributed by atoms with Crippen molar-refractivity contribution in [1.82, 2.24) is 0 Å². The smallest absolute Gasteiger partial charge is 0.516 e. The van der Waals surface area contributed by atoms with Crippen molar-refractivity contribution in [2.75, 3.05) is 0 Å². The fourth-order valence-electron chi connectivity index (χ4n) is 2.50. The zero-order valence-electron chi connectivity index (χ0n) is 15.7. The predicted octanol–water partition coefficient (Wildman–Crippen LogP) is 6.57. The summed E-state index contributed by atoms with van der Waals surface area (Å²) in [6.45, 7) is 9.07. The highest BCUT2D eigenvalue weighted by atomic mass is 19.4. The molecule has 1 aromatic carbocycles. The molecule has 1 N–H and O–H groups in total. The minimum atomic E-state index is -4.69. The molecule has 0 unspecified atom stereocenters. The van der Waals surface area contributed by atoms with Crippen molar-refractivity contribution < 1.29 is 23.0 Å². The summed E-state index contributed by atoms with van der Waals surface area (Å²) in [4.78, 5) is 0. The van der Waals surface area contributed by atoms with Crippen LogP contribution in [-0.2, 0) is 6.42 Å². The van der Waals surface area contributed by atoms with Crippen molar-refractivity contribution >= 4 is 0 Å². The lowest BCUT2D eigenvalue weighted by Crippen LogP contribution is -2.18. The predicted molar refractivity (Wildman–Crippen MR) is 99.5 cm³/mol. The quantitative estimate of drug-likeness (QED) is 0.455. The van der Waals surface area contributed by atoms with Gasteiger partial charge in [-0.05, 0) is 81.0 Å². The van der Waals surface area contributed by atoms with E-state index in [1.165, 1.54) is 6.07 Å². The first-order valence-corrected chi connectivity index (χ1v) is 8.23. The van der Waals surface area contributed by atoms with Crippen molar-refractivity contribution in [3.05, 3.63) is 76.1 Å². The van der Waals surface area contributed by atoms with Gasteiger partial charge in [-0.15, -0.1) is 13.2 Å². The van der Waals surface area contributed by atoms with Crippen LogP contribution in [0.3, 0.4) is 0 Å². The van der Waals surface area contributed by atoms with Crippen molar-refractivity contribution in [3.63, 3.8) is 0 Å². The first kappa shape index (κ1) is 21.6. The van der Waals surface area contributed by atoms with E-state index in [0.717, 1.165) is 34.1 Å². The molecule has 2 nitrogen and oxygen atoms in total. The second-order valence-corrected chi connectivity index (χ2v) is 6.21. The monoisotopic (exact) mass is 366 g/mol. The van der Waals surface area contributed by atoms with E-state index >= 15 is 0 Å². The number of aryl methyl sites for hydroxylation is 1. The van der Waals surface area contributed by atoms with Gasteiger partial charge in [-0.2, -0.15) is 0 Å². The second kappa shape index (κ2) is 9.32. The third-order valence-corrected chi connectivity index (χ3v) is 4.12. The average Bonchev–Trinajstić information content (AvgIpc) is 2.51. The lowest BCUT2D eigenvalue weighted by atomic mass is 9.94. The fraction of sp³-hybridized carbons (Fsp3) is 0.333. The fourth-order valence-corrected chi connectivity index (χ4v) is 2.50. The first-order valence-electron chi connectivity index (χ1n) is 8.23. The van der Waals surface area contributed by atoms with Crippen LogP contribution >= 0.6 is 0 Å². The van der Waals surface area contributed by atoms with E-state index in [-0.39, 0.29) is 5.75 Å². The SMILES string of the molecule is CC(/C=C/O)=C\C=C\C(C)=C\Cc1c(C)cc(OC(F)(F)F)c(C)c1C. The highest BCUT2D eigenvalue weighted by Crippen LogP contribution is 2.32. The molecule has 0 atom stereocenters. The van der Waals surface area contributed by atoms with Crippen LogP contribution in [0.2, 0.25) is 0 Å². The molecule has 1 rings (SSSR count). The molecule has 0 aliphatic rings. The van der Waals surface area contributed by atoms with Crippen LogP contribution in [0.1, 0.15) is 36.1 Å². The van der Waals surface area contributed by atoms with Crippen LogP contribution < -0.4 is 4.74 Å². The van der Waals surface area contributed by atoms with Gasteiger partial charge in [-0.3, -0.25) is 0 Å². The summed E-state index contributed by atoms with van der Waals surface area (Å²) in [5.74, 6) is -0.144. The van der Waals surface area contributed by atoms with Gasteiger partial charge in [0, 0.05) is 0 Å². The number of hydrogen-bond donors (Lipinski definition) is 1. The summed E-state index contributed by atoms with van der Waals surface area (Å²) < 4.78 is 41.6. The van der Waals surface area contributed by atoms with E-state index in [1.54, 1.807) is 19.9 Å². The van der Waals surface area contributed by atoms with E-state index in [9.17, 15) is 13.2 Å². The van der Waals surface area contributed by atoms with E-state index in [2.05, 4.69) is 4.74 Å². The molecule has 5 heteroatoms. The molecule has 0 bridgehead atoms. The molecule has 0 radical (unpaired) electrons. The highest BCUT2D eigenvalue weighted by molar-refractivity contribution is 5.49. The Morgan fingerprint density at radius 3 is 2.31 bits per heavy atom. The summed E-state index contributed by atoms with van der Waals surface area (Å²) in [6, 6.07) is 1.44. The van der Waals surface area contributed by atoms with Gasteiger partial charge >= 0.3 is 6.36 Å². The van der Waals surface area contributed by atoms with Crippen LogP contribution in [0, 0.1) is 20.8 Å².